The Bertz CT molecular complexity index is 1680. The van der Waals surface area contributed by atoms with Gasteiger partial charge < -0.3 is 20.1 Å². The number of pyridine rings is 2. The van der Waals surface area contributed by atoms with Crippen molar-refractivity contribution in [2.24, 2.45) is 5.92 Å². The zero-order valence-corrected chi connectivity index (χ0v) is 28.4. The molecule has 1 aliphatic carbocycles. The molecule has 2 N–H and O–H groups in total. The summed E-state index contributed by atoms with van der Waals surface area (Å²) < 4.78 is 5.51. The predicted molar refractivity (Wildman–Crippen MR) is 188 cm³/mol. The molecule has 2 aromatic heterocycles. The lowest BCUT2D eigenvalue weighted by Crippen LogP contribution is -2.59. The Morgan fingerprint density at radius 2 is 1.94 bits per heavy atom. The summed E-state index contributed by atoms with van der Waals surface area (Å²) in [5.74, 6) is -0.224. The molecule has 10 nitrogen and oxygen atoms in total. The first-order valence-corrected chi connectivity index (χ1v) is 17.2. The van der Waals surface area contributed by atoms with Crippen LogP contribution in [-0.2, 0) is 20.9 Å². The Kier molecular flexibility index (Phi) is 10.5. The van der Waals surface area contributed by atoms with Gasteiger partial charge in [-0.3, -0.25) is 24.4 Å². The monoisotopic (exact) mass is 652 g/mol. The molecule has 0 bridgehead atoms. The number of ether oxygens (including phenoxy) is 1. The van der Waals surface area contributed by atoms with Crippen molar-refractivity contribution in [1.29, 1.82) is 0 Å². The van der Waals surface area contributed by atoms with Gasteiger partial charge >= 0.3 is 5.97 Å². The van der Waals surface area contributed by atoms with E-state index < -0.39 is 11.6 Å². The summed E-state index contributed by atoms with van der Waals surface area (Å²) in [4.78, 5) is 41.7. The van der Waals surface area contributed by atoms with Gasteiger partial charge in [0.2, 0.25) is 5.91 Å². The minimum atomic E-state index is -0.909. The van der Waals surface area contributed by atoms with Gasteiger partial charge in [-0.2, -0.15) is 0 Å². The van der Waals surface area contributed by atoms with E-state index in [-0.39, 0.29) is 24.3 Å². The van der Waals surface area contributed by atoms with E-state index in [1.54, 1.807) is 6.20 Å². The second-order valence-electron chi connectivity index (χ2n) is 13.4. The van der Waals surface area contributed by atoms with Gasteiger partial charge in [-0.1, -0.05) is 49.8 Å². The lowest BCUT2D eigenvalue weighted by molar-refractivity contribution is -0.139. The standard InChI is InChI=1S/C38H48N6O4/c1-27-9-4-5-11-32(27)33-12-8-15-38(28(33)2,42(3)34(45)14-18-43-19-21-48-22-20-43)41-37-36-30(13-16-39-37)23-29(25-40-36)26-44-17-7-6-10-31(44)24-35(46)47/h4-5,8-9,11-13,15-16,23,25,28,31H,6-7,10,14,17-22,24,26H2,1-3H3,(H,39,41)(H,46,47). The summed E-state index contributed by atoms with van der Waals surface area (Å²) in [5.41, 5.74) is 4.33. The molecule has 3 aromatic rings. The number of aliphatic carboxylic acids is 1. The van der Waals surface area contributed by atoms with E-state index in [1.165, 1.54) is 5.56 Å². The number of aromatic nitrogens is 2. The Hall–Kier alpha value is -4.12. The number of hydrogen-bond acceptors (Lipinski definition) is 8. The van der Waals surface area contributed by atoms with Crippen molar-refractivity contribution in [3.8, 4) is 0 Å². The highest BCUT2D eigenvalue weighted by atomic mass is 16.5. The molecule has 48 heavy (non-hydrogen) atoms. The third-order valence-electron chi connectivity index (χ3n) is 10.4. The zero-order chi connectivity index (χ0) is 33.7. The maximum absolute atomic E-state index is 14.0. The second-order valence-corrected chi connectivity index (χ2v) is 13.4. The number of amides is 1. The lowest BCUT2D eigenvalue weighted by atomic mass is 9.78. The third-order valence-corrected chi connectivity index (χ3v) is 10.4. The van der Waals surface area contributed by atoms with Crippen LogP contribution in [0, 0.1) is 12.8 Å². The van der Waals surface area contributed by atoms with Crippen LogP contribution in [0.3, 0.4) is 0 Å². The number of benzene rings is 1. The summed E-state index contributed by atoms with van der Waals surface area (Å²) in [7, 11) is 1.89. The topological polar surface area (TPSA) is 111 Å². The fourth-order valence-corrected chi connectivity index (χ4v) is 7.54. The molecule has 254 valence electrons. The van der Waals surface area contributed by atoms with Crippen LogP contribution in [0.25, 0.3) is 16.5 Å². The summed E-state index contributed by atoms with van der Waals surface area (Å²) in [6.45, 7) is 9.57. The van der Waals surface area contributed by atoms with Crippen molar-refractivity contribution >= 4 is 34.2 Å². The van der Waals surface area contributed by atoms with Gasteiger partial charge in [-0.15, -0.1) is 0 Å². The van der Waals surface area contributed by atoms with E-state index in [2.05, 4.69) is 65.4 Å². The Balaban J connectivity index is 1.30. The molecule has 2 fully saturated rings. The molecule has 4 heterocycles. The van der Waals surface area contributed by atoms with Crippen LogP contribution >= 0.6 is 0 Å². The second kappa shape index (κ2) is 15.0. The van der Waals surface area contributed by atoms with Crippen molar-refractivity contribution in [1.82, 2.24) is 24.7 Å². The quantitative estimate of drug-likeness (QED) is 0.265. The van der Waals surface area contributed by atoms with Crippen LogP contribution in [0.2, 0.25) is 0 Å². The molecule has 3 unspecified atom stereocenters. The first-order valence-electron chi connectivity index (χ1n) is 17.2. The van der Waals surface area contributed by atoms with Crippen LogP contribution < -0.4 is 5.32 Å². The molecule has 3 atom stereocenters. The average Bonchev–Trinajstić information content (AvgIpc) is 3.09. The number of nitrogens with zero attached hydrogens (tertiary/aromatic N) is 5. The highest BCUT2D eigenvalue weighted by Gasteiger charge is 2.44. The molecule has 3 aliphatic rings. The highest BCUT2D eigenvalue weighted by molar-refractivity contribution is 5.90. The Morgan fingerprint density at radius 1 is 1.12 bits per heavy atom. The molecule has 10 heteroatoms. The molecule has 0 saturated carbocycles. The Morgan fingerprint density at radius 3 is 2.73 bits per heavy atom. The number of likely N-dealkylation sites (tertiary alicyclic amines) is 1. The van der Waals surface area contributed by atoms with E-state index in [1.807, 2.05) is 36.4 Å². The molecule has 2 aliphatic heterocycles. The number of aryl methyl sites for hydroxylation is 1. The van der Waals surface area contributed by atoms with Crippen LogP contribution in [0.1, 0.15) is 55.7 Å². The minimum absolute atomic E-state index is 0.0351. The number of carboxylic acids is 1. The molecule has 2 saturated heterocycles. The number of anilines is 1. The van der Waals surface area contributed by atoms with Gasteiger partial charge in [0.15, 0.2) is 5.82 Å². The molecule has 6 rings (SSSR count). The largest absolute Gasteiger partial charge is 0.481 e. The number of fused-ring (bicyclic) bond motifs is 1. The molecule has 1 aromatic carbocycles. The molecular weight excluding hydrogens is 604 g/mol. The van der Waals surface area contributed by atoms with E-state index in [4.69, 9.17) is 14.7 Å². The van der Waals surface area contributed by atoms with Crippen LogP contribution in [0.4, 0.5) is 5.82 Å². The number of hydrogen-bond donors (Lipinski definition) is 2. The summed E-state index contributed by atoms with van der Waals surface area (Å²) in [6.07, 6.45) is 13.5. The van der Waals surface area contributed by atoms with E-state index >= 15 is 0 Å². The van der Waals surface area contributed by atoms with Gasteiger partial charge in [-0.25, -0.2) is 4.98 Å². The van der Waals surface area contributed by atoms with Crippen molar-refractivity contribution in [2.45, 2.75) is 64.2 Å². The predicted octanol–water partition coefficient (Wildman–Crippen LogP) is 5.35. The SMILES string of the molecule is Cc1ccccc1C1=CC=CC(Nc2nccc3cc(CN4CCCCC4CC(=O)O)cnc23)(N(C)C(=O)CCN2CCOCC2)C1C. The first kappa shape index (κ1) is 33.8. The van der Waals surface area contributed by atoms with Gasteiger partial charge in [0.05, 0.1) is 19.6 Å². The summed E-state index contributed by atoms with van der Waals surface area (Å²) in [5, 5.41) is 14.2. The molecular formula is C38H48N6O4. The number of nitrogens with one attached hydrogen (secondary N) is 1. The van der Waals surface area contributed by atoms with E-state index in [0.717, 1.165) is 66.5 Å². The summed E-state index contributed by atoms with van der Waals surface area (Å²) in [6, 6.07) is 12.5. The number of piperidine rings is 1. The van der Waals surface area contributed by atoms with Crippen molar-refractivity contribution in [3.05, 3.63) is 83.7 Å². The van der Waals surface area contributed by atoms with Crippen LogP contribution in [0.5, 0.6) is 0 Å². The van der Waals surface area contributed by atoms with Crippen LogP contribution in [-0.4, -0.2) is 99.8 Å². The average molecular weight is 653 g/mol. The summed E-state index contributed by atoms with van der Waals surface area (Å²) >= 11 is 0. The number of rotatable bonds is 11. The smallest absolute Gasteiger partial charge is 0.304 e. The van der Waals surface area contributed by atoms with E-state index in [9.17, 15) is 14.7 Å². The first-order chi connectivity index (χ1) is 23.2. The van der Waals surface area contributed by atoms with Gasteiger partial charge in [-0.05, 0) is 66.8 Å². The van der Waals surface area contributed by atoms with E-state index in [0.29, 0.717) is 38.5 Å². The molecule has 0 radical (unpaired) electrons. The fourth-order valence-electron chi connectivity index (χ4n) is 7.54. The highest BCUT2D eigenvalue weighted by Crippen LogP contribution is 2.41. The van der Waals surface area contributed by atoms with Gasteiger partial charge in [0.25, 0.3) is 0 Å². The van der Waals surface area contributed by atoms with Crippen LogP contribution in [0.15, 0.2) is 67.0 Å². The number of morpholine rings is 1. The molecule has 0 spiro atoms. The third kappa shape index (κ3) is 7.31. The molecule has 1 amide bonds. The van der Waals surface area contributed by atoms with Gasteiger partial charge in [0.1, 0.15) is 11.2 Å². The number of allylic oxidation sites excluding steroid dienone is 2. The van der Waals surface area contributed by atoms with Crippen molar-refractivity contribution in [3.63, 3.8) is 0 Å². The number of carboxylic acid groups (broad SMARTS) is 1. The normalized spacial score (nSPS) is 23.5. The lowest BCUT2D eigenvalue weighted by Gasteiger charge is -2.47. The maximum Gasteiger partial charge on any atom is 0.304 e. The van der Waals surface area contributed by atoms with Crippen molar-refractivity contribution < 1.29 is 19.4 Å². The van der Waals surface area contributed by atoms with Crippen molar-refractivity contribution in [2.75, 3.05) is 51.8 Å². The van der Waals surface area contributed by atoms with Gasteiger partial charge in [0, 0.05) is 69.4 Å². The number of likely N-dealkylation sites (N-methyl/N-ethyl adjacent to an activating group) is 1. The number of carbonyl (C=O) groups excluding carboxylic acids is 1. The minimum Gasteiger partial charge on any atom is -0.481 e. The number of carbonyl (C=O) groups is 2. The fraction of sp³-hybridized carbons (Fsp3) is 0.474. The Labute approximate surface area is 283 Å². The zero-order valence-electron chi connectivity index (χ0n) is 28.4. The maximum atomic E-state index is 14.0.